The molecule has 2 bridgehead atoms. The third kappa shape index (κ3) is 3.96. The van der Waals surface area contributed by atoms with Crippen molar-refractivity contribution in [3.63, 3.8) is 0 Å². The smallest absolute Gasteiger partial charge is 0.246 e. The predicted molar refractivity (Wildman–Crippen MR) is 134 cm³/mol. The van der Waals surface area contributed by atoms with Crippen LogP contribution in [0, 0.1) is 17.8 Å². The van der Waals surface area contributed by atoms with E-state index in [1.165, 1.54) is 4.90 Å². The first-order chi connectivity index (χ1) is 17.0. The molecule has 0 saturated carbocycles. The molecule has 9 nitrogen and oxygen atoms in total. The number of aliphatic hydroxyl groups is 1. The number of anilines is 1. The number of nitrogens with one attached hydrogen (secondary N) is 2. The quantitative estimate of drug-likeness (QED) is 0.478. The topological polar surface area (TPSA) is 117 Å². The predicted octanol–water partition coefficient (Wildman–Crippen LogP) is 2.33. The average Bonchev–Trinajstić information content (AvgIpc) is 3.33. The second-order valence-corrected chi connectivity index (χ2v) is 10.8. The van der Waals surface area contributed by atoms with Crippen molar-refractivity contribution in [1.82, 2.24) is 10.2 Å². The van der Waals surface area contributed by atoms with E-state index in [1.54, 1.807) is 24.3 Å². The Morgan fingerprint density at radius 3 is 2.44 bits per heavy atom. The molecular formula is C27H39N3O6. The Morgan fingerprint density at radius 1 is 1.22 bits per heavy atom. The highest BCUT2D eigenvalue weighted by molar-refractivity contribution is 6.02. The molecule has 3 unspecified atom stereocenters. The van der Waals surface area contributed by atoms with E-state index in [0.717, 1.165) is 0 Å². The van der Waals surface area contributed by atoms with Crippen LogP contribution in [0.5, 0.6) is 5.75 Å². The summed E-state index contributed by atoms with van der Waals surface area (Å²) >= 11 is 0. The number of hydrogen-bond acceptors (Lipinski definition) is 6. The molecule has 3 saturated heterocycles. The Morgan fingerprint density at radius 2 is 1.89 bits per heavy atom. The maximum atomic E-state index is 14.0. The lowest BCUT2D eigenvalue weighted by Crippen LogP contribution is -2.58. The standard InChI is InChI=1S/C27H39N3O6/c1-7-18(14-31)30-22(24(33)28-15(3)4)27-13-16(5)26(6,36-27)20(21(27)25(30)34)23(32)29-17-9-11-19(12-10-17)35-8-2/h9-12,15-16,18,20-22,31H,7-8,13-14H2,1-6H3,(H,28,33)(H,29,32)/t16?,18-,20-,21-,22?,26+,27?/m0/s1. The van der Waals surface area contributed by atoms with Crippen LogP contribution in [0.3, 0.4) is 0 Å². The van der Waals surface area contributed by atoms with Crippen LogP contribution in [0.1, 0.15) is 54.4 Å². The minimum Gasteiger partial charge on any atom is -0.494 e. The number of carbonyl (C=O) groups is 3. The van der Waals surface area contributed by atoms with Crippen LogP contribution in [0.2, 0.25) is 0 Å². The number of ether oxygens (including phenoxy) is 2. The number of hydrogen-bond donors (Lipinski definition) is 3. The van der Waals surface area contributed by atoms with Gasteiger partial charge in [-0.15, -0.1) is 0 Å². The minimum absolute atomic E-state index is 0.0545. The maximum Gasteiger partial charge on any atom is 0.246 e. The monoisotopic (exact) mass is 501 g/mol. The first-order valence-corrected chi connectivity index (χ1v) is 13.0. The van der Waals surface area contributed by atoms with Gasteiger partial charge in [-0.25, -0.2) is 0 Å². The van der Waals surface area contributed by atoms with Crippen LogP contribution >= 0.6 is 0 Å². The lowest BCUT2D eigenvalue weighted by molar-refractivity contribution is -0.150. The molecule has 1 aromatic carbocycles. The summed E-state index contributed by atoms with van der Waals surface area (Å²) in [6.07, 6.45) is 0.966. The fourth-order valence-corrected chi connectivity index (χ4v) is 6.57. The Bertz CT molecular complexity index is 1010. The van der Waals surface area contributed by atoms with Gasteiger partial charge in [0.15, 0.2) is 0 Å². The number of likely N-dealkylation sites (tertiary alicyclic amines) is 1. The molecule has 3 aliphatic rings. The second-order valence-electron chi connectivity index (χ2n) is 10.8. The average molecular weight is 502 g/mol. The summed E-state index contributed by atoms with van der Waals surface area (Å²) in [4.78, 5) is 42.9. The Kier molecular flexibility index (Phi) is 7.09. The van der Waals surface area contributed by atoms with Gasteiger partial charge >= 0.3 is 0 Å². The van der Waals surface area contributed by atoms with Crippen molar-refractivity contribution in [2.75, 3.05) is 18.5 Å². The SMILES string of the molecule is CCOc1ccc(NC(=O)[C@@H]2[C@H]3C(=O)N([C@@H](CC)CO)C(C(=O)NC(C)C)C34CC(C)[C@@]2(C)O4)cc1. The van der Waals surface area contributed by atoms with Crippen molar-refractivity contribution in [2.45, 2.75) is 83.7 Å². The fraction of sp³-hybridized carbons (Fsp3) is 0.667. The maximum absolute atomic E-state index is 14.0. The van der Waals surface area contributed by atoms with Crippen molar-refractivity contribution >= 4 is 23.4 Å². The minimum atomic E-state index is -1.13. The first-order valence-electron chi connectivity index (χ1n) is 13.0. The Labute approximate surface area is 212 Å². The number of amides is 3. The van der Waals surface area contributed by atoms with Gasteiger partial charge in [-0.1, -0.05) is 13.8 Å². The van der Waals surface area contributed by atoms with Gasteiger partial charge in [0.25, 0.3) is 0 Å². The normalized spacial score (nSPS) is 33.6. The first kappa shape index (κ1) is 26.4. The molecule has 1 spiro atoms. The second kappa shape index (κ2) is 9.67. The zero-order valence-electron chi connectivity index (χ0n) is 22.0. The van der Waals surface area contributed by atoms with Crippen molar-refractivity contribution < 1.29 is 29.0 Å². The molecule has 7 atom stereocenters. The van der Waals surface area contributed by atoms with Gasteiger partial charge in [0, 0.05) is 11.7 Å². The number of aliphatic hydroxyl groups excluding tert-OH is 1. The van der Waals surface area contributed by atoms with Gasteiger partial charge in [0.1, 0.15) is 17.4 Å². The number of nitrogens with zero attached hydrogens (tertiary/aromatic N) is 1. The van der Waals surface area contributed by atoms with Crippen molar-refractivity contribution in [1.29, 1.82) is 0 Å². The van der Waals surface area contributed by atoms with Crippen LogP contribution in [0.25, 0.3) is 0 Å². The number of benzene rings is 1. The van der Waals surface area contributed by atoms with Gasteiger partial charge in [0.05, 0.1) is 36.7 Å². The lowest BCUT2D eigenvalue weighted by atomic mass is 9.62. The molecular weight excluding hydrogens is 462 g/mol. The summed E-state index contributed by atoms with van der Waals surface area (Å²) in [7, 11) is 0. The van der Waals surface area contributed by atoms with Crippen LogP contribution < -0.4 is 15.4 Å². The van der Waals surface area contributed by atoms with Gasteiger partial charge < -0.3 is 30.1 Å². The number of fused-ring (bicyclic) bond motifs is 1. The Balaban J connectivity index is 1.72. The molecule has 3 fully saturated rings. The summed E-state index contributed by atoms with van der Waals surface area (Å²) in [6.45, 7) is 11.7. The summed E-state index contributed by atoms with van der Waals surface area (Å²) in [5.74, 6) is -1.87. The molecule has 4 rings (SSSR count). The van der Waals surface area contributed by atoms with Crippen LogP contribution in [0.4, 0.5) is 5.69 Å². The number of rotatable bonds is 9. The molecule has 3 aliphatic heterocycles. The molecule has 1 aromatic rings. The highest BCUT2D eigenvalue weighted by Crippen LogP contribution is 2.65. The largest absolute Gasteiger partial charge is 0.494 e. The van der Waals surface area contributed by atoms with Gasteiger partial charge in [-0.2, -0.15) is 0 Å². The zero-order valence-corrected chi connectivity index (χ0v) is 22.0. The van der Waals surface area contributed by atoms with Crippen LogP contribution in [0.15, 0.2) is 24.3 Å². The highest BCUT2D eigenvalue weighted by atomic mass is 16.5. The third-order valence-electron chi connectivity index (χ3n) is 8.22. The van der Waals surface area contributed by atoms with E-state index in [4.69, 9.17) is 9.47 Å². The molecule has 198 valence electrons. The molecule has 36 heavy (non-hydrogen) atoms. The highest BCUT2D eigenvalue weighted by Gasteiger charge is 2.80. The van der Waals surface area contributed by atoms with Crippen molar-refractivity contribution in [3.8, 4) is 5.75 Å². The molecule has 3 amide bonds. The molecule has 3 N–H and O–H groups in total. The third-order valence-corrected chi connectivity index (χ3v) is 8.22. The van der Waals surface area contributed by atoms with E-state index < -0.39 is 35.1 Å². The van der Waals surface area contributed by atoms with E-state index in [-0.39, 0.29) is 36.3 Å². The molecule has 0 aliphatic carbocycles. The van der Waals surface area contributed by atoms with E-state index in [0.29, 0.717) is 30.9 Å². The van der Waals surface area contributed by atoms with Crippen LogP contribution in [-0.4, -0.2) is 70.3 Å². The summed E-state index contributed by atoms with van der Waals surface area (Å²) in [5, 5.41) is 16.0. The molecule has 9 heteroatoms. The summed E-state index contributed by atoms with van der Waals surface area (Å²) in [5.41, 5.74) is -1.44. The lowest BCUT2D eigenvalue weighted by Gasteiger charge is -2.37. The van der Waals surface area contributed by atoms with Gasteiger partial charge in [-0.3, -0.25) is 14.4 Å². The van der Waals surface area contributed by atoms with Crippen molar-refractivity contribution in [2.24, 2.45) is 17.8 Å². The van der Waals surface area contributed by atoms with Crippen LogP contribution in [-0.2, 0) is 19.1 Å². The summed E-state index contributed by atoms with van der Waals surface area (Å²) < 4.78 is 12.2. The van der Waals surface area contributed by atoms with Gasteiger partial charge in [0.2, 0.25) is 17.7 Å². The van der Waals surface area contributed by atoms with Gasteiger partial charge in [-0.05, 0) is 70.7 Å². The zero-order chi connectivity index (χ0) is 26.4. The van der Waals surface area contributed by atoms with E-state index in [2.05, 4.69) is 10.6 Å². The van der Waals surface area contributed by atoms with Crippen molar-refractivity contribution in [3.05, 3.63) is 24.3 Å². The molecule has 0 aromatic heterocycles. The van der Waals surface area contributed by atoms with E-state index >= 15 is 0 Å². The molecule has 3 heterocycles. The summed E-state index contributed by atoms with van der Waals surface area (Å²) in [6, 6.07) is 5.50. The number of carbonyl (C=O) groups excluding carboxylic acids is 3. The van der Waals surface area contributed by atoms with E-state index in [1.807, 2.05) is 41.5 Å². The van der Waals surface area contributed by atoms with E-state index in [9.17, 15) is 19.5 Å². The molecule has 0 radical (unpaired) electrons. The Hall–Kier alpha value is -2.65. The fourth-order valence-electron chi connectivity index (χ4n) is 6.57.